The van der Waals surface area contributed by atoms with Gasteiger partial charge >= 0.3 is 0 Å². The Kier molecular flexibility index (Phi) is 5.24. The SMILES string of the molecule is CC1(CNCc2ccc(Br)c(Br)c2)CCOCC1. The van der Waals surface area contributed by atoms with Gasteiger partial charge in [-0.1, -0.05) is 13.0 Å². The molecule has 1 aromatic rings. The molecule has 0 bridgehead atoms. The van der Waals surface area contributed by atoms with Crippen molar-refractivity contribution in [3.8, 4) is 0 Å². The smallest absolute Gasteiger partial charge is 0.0471 e. The summed E-state index contributed by atoms with van der Waals surface area (Å²) in [6.45, 7) is 6.14. The fraction of sp³-hybridized carbons (Fsp3) is 0.571. The zero-order chi connectivity index (χ0) is 13.0. The maximum atomic E-state index is 5.42. The number of rotatable bonds is 4. The van der Waals surface area contributed by atoms with Crippen LogP contribution < -0.4 is 5.32 Å². The summed E-state index contributed by atoms with van der Waals surface area (Å²) in [6.07, 6.45) is 2.31. The molecule has 1 N–H and O–H groups in total. The van der Waals surface area contributed by atoms with E-state index in [0.717, 1.165) is 48.1 Å². The van der Waals surface area contributed by atoms with Gasteiger partial charge in [0.2, 0.25) is 0 Å². The molecular weight excluding hydrogens is 358 g/mol. The lowest BCUT2D eigenvalue weighted by Gasteiger charge is -2.33. The van der Waals surface area contributed by atoms with Crippen molar-refractivity contribution in [3.63, 3.8) is 0 Å². The highest BCUT2D eigenvalue weighted by atomic mass is 79.9. The lowest BCUT2D eigenvalue weighted by molar-refractivity contribution is 0.0240. The summed E-state index contributed by atoms with van der Waals surface area (Å²) in [4.78, 5) is 0. The minimum absolute atomic E-state index is 0.394. The molecule has 100 valence electrons. The molecule has 0 saturated carbocycles. The standard InChI is InChI=1S/C14H19Br2NO/c1-14(4-6-18-7-5-14)10-17-9-11-2-3-12(15)13(16)8-11/h2-3,8,17H,4-7,9-10H2,1H3. The van der Waals surface area contributed by atoms with Crippen LogP contribution in [0.4, 0.5) is 0 Å². The second kappa shape index (κ2) is 6.51. The van der Waals surface area contributed by atoms with Crippen molar-refractivity contribution in [2.45, 2.75) is 26.3 Å². The zero-order valence-corrected chi connectivity index (χ0v) is 13.8. The topological polar surface area (TPSA) is 21.3 Å². The van der Waals surface area contributed by atoms with Crippen molar-refractivity contribution < 1.29 is 4.74 Å². The highest BCUT2D eigenvalue weighted by molar-refractivity contribution is 9.13. The number of hydrogen-bond acceptors (Lipinski definition) is 2. The van der Waals surface area contributed by atoms with Crippen LogP contribution in [-0.2, 0) is 11.3 Å². The second-order valence-corrected chi connectivity index (χ2v) is 6.98. The van der Waals surface area contributed by atoms with Crippen LogP contribution in [0.3, 0.4) is 0 Å². The van der Waals surface area contributed by atoms with Crippen molar-refractivity contribution in [3.05, 3.63) is 32.7 Å². The molecule has 0 atom stereocenters. The quantitative estimate of drug-likeness (QED) is 0.853. The van der Waals surface area contributed by atoms with E-state index in [-0.39, 0.29) is 0 Å². The fourth-order valence-electron chi connectivity index (χ4n) is 2.20. The first kappa shape index (κ1) is 14.5. The van der Waals surface area contributed by atoms with Crippen LogP contribution in [0.2, 0.25) is 0 Å². The molecule has 1 aliphatic rings. The minimum atomic E-state index is 0.394. The molecule has 2 rings (SSSR count). The number of hydrogen-bond donors (Lipinski definition) is 1. The lowest BCUT2D eigenvalue weighted by Crippen LogP contribution is -2.36. The Morgan fingerprint density at radius 1 is 1.22 bits per heavy atom. The largest absolute Gasteiger partial charge is 0.381 e. The lowest BCUT2D eigenvalue weighted by atomic mass is 9.82. The molecule has 1 aromatic carbocycles. The Labute approximate surface area is 126 Å². The van der Waals surface area contributed by atoms with Gasteiger partial charge in [0.1, 0.15) is 0 Å². The van der Waals surface area contributed by atoms with Gasteiger partial charge in [-0.05, 0) is 67.8 Å². The van der Waals surface area contributed by atoms with Gasteiger partial charge in [-0.15, -0.1) is 0 Å². The third-order valence-electron chi connectivity index (χ3n) is 3.56. The molecule has 1 heterocycles. The highest BCUT2D eigenvalue weighted by Gasteiger charge is 2.26. The molecule has 1 aliphatic heterocycles. The Bertz CT molecular complexity index is 403. The molecule has 4 heteroatoms. The molecule has 0 spiro atoms. The second-order valence-electron chi connectivity index (χ2n) is 5.28. The molecule has 1 fully saturated rings. The molecule has 2 nitrogen and oxygen atoms in total. The third kappa shape index (κ3) is 4.05. The van der Waals surface area contributed by atoms with E-state index in [1.165, 1.54) is 5.56 Å². The number of nitrogens with one attached hydrogen (secondary N) is 1. The maximum absolute atomic E-state index is 5.42. The Hall–Kier alpha value is 0.1000. The van der Waals surface area contributed by atoms with Crippen molar-refractivity contribution in [1.29, 1.82) is 0 Å². The van der Waals surface area contributed by atoms with Crippen molar-refractivity contribution in [2.75, 3.05) is 19.8 Å². The van der Waals surface area contributed by atoms with Gasteiger partial charge in [0.15, 0.2) is 0 Å². The molecule has 18 heavy (non-hydrogen) atoms. The summed E-state index contributed by atoms with van der Waals surface area (Å²) >= 11 is 7.02. The van der Waals surface area contributed by atoms with E-state index in [0.29, 0.717) is 5.41 Å². The van der Waals surface area contributed by atoms with Crippen LogP contribution in [0.25, 0.3) is 0 Å². The van der Waals surface area contributed by atoms with Crippen LogP contribution in [0.15, 0.2) is 27.1 Å². The monoisotopic (exact) mass is 375 g/mol. The summed E-state index contributed by atoms with van der Waals surface area (Å²) in [5.74, 6) is 0. The van der Waals surface area contributed by atoms with Crippen molar-refractivity contribution in [1.82, 2.24) is 5.32 Å². The van der Waals surface area contributed by atoms with Crippen LogP contribution >= 0.6 is 31.9 Å². The highest BCUT2D eigenvalue weighted by Crippen LogP contribution is 2.29. The summed E-state index contributed by atoms with van der Waals surface area (Å²) in [5.41, 5.74) is 1.70. The van der Waals surface area contributed by atoms with Gasteiger partial charge in [-0.2, -0.15) is 0 Å². The Morgan fingerprint density at radius 3 is 2.61 bits per heavy atom. The first-order valence-corrected chi connectivity index (χ1v) is 7.90. The summed E-state index contributed by atoms with van der Waals surface area (Å²) in [5, 5.41) is 3.57. The van der Waals surface area contributed by atoms with Crippen LogP contribution in [-0.4, -0.2) is 19.8 Å². The van der Waals surface area contributed by atoms with E-state index >= 15 is 0 Å². The van der Waals surface area contributed by atoms with E-state index < -0.39 is 0 Å². The Morgan fingerprint density at radius 2 is 1.94 bits per heavy atom. The maximum Gasteiger partial charge on any atom is 0.0471 e. The summed E-state index contributed by atoms with van der Waals surface area (Å²) in [6, 6.07) is 6.38. The summed E-state index contributed by atoms with van der Waals surface area (Å²) in [7, 11) is 0. The van der Waals surface area contributed by atoms with E-state index in [2.05, 4.69) is 62.3 Å². The van der Waals surface area contributed by atoms with Gasteiger partial charge in [-0.25, -0.2) is 0 Å². The number of benzene rings is 1. The normalized spacial score (nSPS) is 18.8. The van der Waals surface area contributed by atoms with Crippen molar-refractivity contribution in [2.24, 2.45) is 5.41 Å². The molecule has 0 aromatic heterocycles. The van der Waals surface area contributed by atoms with E-state index in [4.69, 9.17) is 4.74 Å². The van der Waals surface area contributed by atoms with Gasteiger partial charge in [0, 0.05) is 35.2 Å². The molecular formula is C14H19Br2NO. The van der Waals surface area contributed by atoms with Crippen molar-refractivity contribution >= 4 is 31.9 Å². The van der Waals surface area contributed by atoms with Gasteiger partial charge in [0.05, 0.1) is 0 Å². The third-order valence-corrected chi connectivity index (χ3v) is 5.44. The van der Waals surface area contributed by atoms with E-state index in [1.807, 2.05) is 0 Å². The Balaban J connectivity index is 1.82. The number of halogens is 2. The minimum Gasteiger partial charge on any atom is -0.381 e. The summed E-state index contributed by atoms with van der Waals surface area (Å²) < 4.78 is 7.63. The molecule has 0 unspecified atom stereocenters. The number of ether oxygens (including phenoxy) is 1. The van der Waals surface area contributed by atoms with E-state index in [1.54, 1.807) is 0 Å². The molecule has 0 aliphatic carbocycles. The van der Waals surface area contributed by atoms with Crippen LogP contribution in [0, 0.1) is 5.41 Å². The van der Waals surface area contributed by atoms with Crippen LogP contribution in [0.5, 0.6) is 0 Å². The molecule has 1 saturated heterocycles. The first-order chi connectivity index (χ1) is 8.59. The average molecular weight is 377 g/mol. The van der Waals surface area contributed by atoms with Gasteiger partial charge < -0.3 is 10.1 Å². The van der Waals surface area contributed by atoms with E-state index in [9.17, 15) is 0 Å². The first-order valence-electron chi connectivity index (χ1n) is 6.31. The molecule has 0 amide bonds. The van der Waals surface area contributed by atoms with Gasteiger partial charge in [0.25, 0.3) is 0 Å². The molecule has 0 radical (unpaired) electrons. The van der Waals surface area contributed by atoms with Gasteiger partial charge in [-0.3, -0.25) is 0 Å². The van der Waals surface area contributed by atoms with Crippen LogP contribution in [0.1, 0.15) is 25.3 Å². The predicted octanol–water partition coefficient (Wildman–Crippen LogP) is 4.12. The predicted molar refractivity (Wildman–Crippen MR) is 81.7 cm³/mol. The fourth-order valence-corrected chi connectivity index (χ4v) is 2.87. The zero-order valence-electron chi connectivity index (χ0n) is 10.6. The average Bonchev–Trinajstić information content (AvgIpc) is 2.34.